The molecule has 0 aromatic heterocycles. The molecular weight excluding hydrogens is 344 g/mol. The van der Waals surface area contributed by atoms with Gasteiger partial charge < -0.3 is 19.7 Å². The number of carbonyl (C=O) groups excluding carboxylic acids is 2. The Morgan fingerprint density at radius 1 is 1.15 bits per heavy atom. The third-order valence-electron chi connectivity index (χ3n) is 9.30. The van der Waals surface area contributed by atoms with Crippen molar-refractivity contribution in [2.24, 2.45) is 17.3 Å². The zero-order valence-corrected chi connectivity index (χ0v) is 14.9. The average Bonchev–Trinajstić information content (AvgIpc) is 3.36. The highest BCUT2D eigenvalue weighted by Crippen LogP contribution is 2.80. The molecule has 4 aliphatic heterocycles. The number of carbonyl (C=O) groups is 2. The number of amides is 1. The zero-order chi connectivity index (χ0) is 17.8. The summed E-state index contributed by atoms with van der Waals surface area (Å²) in [6.07, 6.45) is 5.25. The summed E-state index contributed by atoms with van der Waals surface area (Å²) in [6.45, 7) is 1.04. The summed E-state index contributed by atoms with van der Waals surface area (Å²) in [5, 5.41) is 3.82. The van der Waals surface area contributed by atoms with Gasteiger partial charge in [-0.25, -0.2) is 0 Å². The summed E-state index contributed by atoms with van der Waals surface area (Å²) in [5.74, 6) is 1.27. The minimum Gasteiger partial charge on any atom is -0.454 e. The van der Waals surface area contributed by atoms with Crippen molar-refractivity contribution in [1.29, 1.82) is 0 Å². The Labute approximate surface area is 156 Å². The van der Waals surface area contributed by atoms with Gasteiger partial charge in [-0.05, 0) is 49.1 Å². The Hall–Kier alpha value is -2.24. The summed E-state index contributed by atoms with van der Waals surface area (Å²) in [6, 6.07) is 4.25. The van der Waals surface area contributed by atoms with E-state index in [-0.39, 0.29) is 41.4 Å². The number of hydrogen-bond acceptors (Lipinski definition) is 5. The molecular formula is C21H20N2O4. The average molecular weight is 364 g/mol. The van der Waals surface area contributed by atoms with Crippen LogP contribution in [0.3, 0.4) is 0 Å². The van der Waals surface area contributed by atoms with Crippen LogP contribution in [0.25, 0.3) is 0 Å². The van der Waals surface area contributed by atoms with Gasteiger partial charge in [-0.1, -0.05) is 6.07 Å². The van der Waals surface area contributed by atoms with Crippen LogP contribution in [-0.4, -0.2) is 41.5 Å². The van der Waals surface area contributed by atoms with Crippen molar-refractivity contribution in [3.8, 4) is 11.5 Å². The van der Waals surface area contributed by atoms with Crippen LogP contribution < -0.4 is 14.8 Å². The molecule has 27 heavy (non-hydrogen) atoms. The number of Topliss-reactive ketones (excluding diaryl/α,β-unsaturated/α-hetero) is 1. The third-order valence-corrected chi connectivity index (χ3v) is 9.30. The van der Waals surface area contributed by atoms with Crippen LogP contribution in [0.5, 0.6) is 11.5 Å². The van der Waals surface area contributed by atoms with Gasteiger partial charge in [0, 0.05) is 12.5 Å². The molecule has 6 atom stereocenters. The Kier molecular flexibility index (Phi) is 1.89. The number of hydrogen-bond donors (Lipinski definition) is 1. The topological polar surface area (TPSA) is 67.9 Å². The number of nitrogens with one attached hydrogen (secondary N) is 1. The molecule has 2 saturated heterocycles. The highest BCUT2D eigenvalue weighted by molar-refractivity contribution is 6.13. The van der Waals surface area contributed by atoms with Gasteiger partial charge in [-0.15, -0.1) is 0 Å². The maximum absolute atomic E-state index is 13.6. The number of rotatable bonds is 0. The van der Waals surface area contributed by atoms with E-state index in [1.165, 1.54) is 0 Å². The van der Waals surface area contributed by atoms with Crippen LogP contribution in [0.2, 0.25) is 0 Å². The van der Waals surface area contributed by atoms with E-state index in [4.69, 9.17) is 9.47 Å². The van der Waals surface area contributed by atoms with Crippen molar-refractivity contribution in [2.75, 3.05) is 18.7 Å². The summed E-state index contributed by atoms with van der Waals surface area (Å²) in [7, 11) is 0. The summed E-state index contributed by atoms with van der Waals surface area (Å²) >= 11 is 0. The molecule has 4 saturated carbocycles. The molecule has 3 unspecified atom stereocenters. The SMILES string of the molecule is O=C1C2C(=O)N3CCCC45CCC6(Nc7c(ccc8c7OCO8)[C@@]26[C@@H]34)[C@@H]1C5. The number of ketones is 1. The Morgan fingerprint density at radius 2 is 2.07 bits per heavy atom. The Balaban J connectivity index is 1.52. The van der Waals surface area contributed by atoms with Gasteiger partial charge in [-0.3, -0.25) is 9.59 Å². The lowest BCUT2D eigenvalue weighted by atomic mass is 9.41. The van der Waals surface area contributed by atoms with Crippen LogP contribution in [0.15, 0.2) is 12.1 Å². The fourth-order valence-electron chi connectivity index (χ4n) is 8.81. The van der Waals surface area contributed by atoms with Crippen LogP contribution in [0, 0.1) is 17.3 Å². The predicted molar refractivity (Wildman–Crippen MR) is 93.6 cm³/mol. The number of nitrogens with zero attached hydrogens (tertiary/aromatic N) is 1. The van der Waals surface area contributed by atoms with E-state index in [0.717, 1.165) is 61.4 Å². The van der Waals surface area contributed by atoms with Gasteiger partial charge in [0.2, 0.25) is 12.7 Å². The van der Waals surface area contributed by atoms with E-state index >= 15 is 0 Å². The monoisotopic (exact) mass is 364 g/mol. The van der Waals surface area contributed by atoms with E-state index in [1.807, 2.05) is 6.07 Å². The zero-order valence-electron chi connectivity index (χ0n) is 14.9. The lowest BCUT2D eigenvalue weighted by molar-refractivity contribution is -0.152. The minimum atomic E-state index is -0.512. The molecule has 0 radical (unpaired) electrons. The standard InChI is InChI=1S/C21H20N2O4/c24-15-11-8-19-4-1-7-23-17(25)13(15)21(18(19)23)10-2-3-12-16(27-9-26-12)14(10)22-20(11,21)6-5-19/h2-3,11,13,18,22H,1,4-9H2/t11-,13?,18+,19?,20?,21+/m1/s1. The normalized spacial score (nSPS) is 48.7. The first-order valence-electron chi connectivity index (χ1n) is 10.2. The van der Waals surface area contributed by atoms with Gasteiger partial charge in [0.1, 0.15) is 5.92 Å². The summed E-state index contributed by atoms with van der Waals surface area (Å²) in [5.41, 5.74) is 1.50. The molecule has 4 heterocycles. The predicted octanol–water partition coefficient (Wildman–Crippen LogP) is 1.82. The number of anilines is 1. The molecule has 1 aromatic rings. The number of piperidine rings is 1. The lowest BCUT2D eigenvalue weighted by Gasteiger charge is -2.66. The minimum absolute atomic E-state index is 0.0536. The Morgan fingerprint density at radius 3 is 3.00 bits per heavy atom. The lowest BCUT2D eigenvalue weighted by Crippen LogP contribution is -2.74. The van der Waals surface area contributed by atoms with Gasteiger partial charge in [0.05, 0.1) is 22.7 Å². The van der Waals surface area contributed by atoms with Crippen molar-refractivity contribution in [2.45, 2.75) is 49.1 Å². The molecule has 6 fully saturated rings. The first-order valence-corrected chi connectivity index (χ1v) is 10.2. The van der Waals surface area contributed by atoms with Crippen molar-refractivity contribution < 1.29 is 19.1 Å². The second-order valence-electron chi connectivity index (χ2n) is 9.68. The van der Waals surface area contributed by atoms with Gasteiger partial charge in [0.15, 0.2) is 17.3 Å². The molecule has 4 bridgehead atoms. The summed E-state index contributed by atoms with van der Waals surface area (Å²) in [4.78, 5) is 29.2. The first-order chi connectivity index (χ1) is 13.1. The Bertz CT molecular complexity index is 1010. The molecule has 1 amide bonds. The molecule has 1 N–H and O–H groups in total. The molecule has 3 spiro atoms. The first kappa shape index (κ1) is 13.9. The van der Waals surface area contributed by atoms with Gasteiger partial charge >= 0.3 is 0 Å². The fraction of sp³-hybridized carbons (Fsp3) is 0.619. The maximum Gasteiger partial charge on any atom is 0.234 e. The molecule has 4 aliphatic carbocycles. The second kappa shape index (κ2) is 3.69. The largest absolute Gasteiger partial charge is 0.454 e. The van der Waals surface area contributed by atoms with E-state index in [9.17, 15) is 9.59 Å². The summed E-state index contributed by atoms with van der Waals surface area (Å²) < 4.78 is 11.4. The molecule has 8 aliphatic rings. The molecule has 6 nitrogen and oxygen atoms in total. The van der Waals surface area contributed by atoms with E-state index in [0.29, 0.717) is 0 Å². The third kappa shape index (κ3) is 1.04. The highest BCUT2D eigenvalue weighted by Gasteiger charge is 2.89. The van der Waals surface area contributed by atoms with E-state index in [1.54, 1.807) is 0 Å². The van der Waals surface area contributed by atoms with Crippen LogP contribution in [-0.2, 0) is 15.0 Å². The maximum atomic E-state index is 13.6. The quantitative estimate of drug-likeness (QED) is 0.712. The molecule has 6 heteroatoms. The van der Waals surface area contributed by atoms with E-state index < -0.39 is 11.3 Å². The van der Waals surface area contributed by atoms with Crippen molar-refractivity contribution in [1.82, 2.24) is 4.90 Å². The van der Waals surface area contributed by atoms with Crippen molar-refractivity contribution >= 4 is 17.4 Å². The van der Waals surface area contributed by atoms with Crippen LogP contribution >= 0.6 is 0 Å². The highest BCUT2D eigenvalue weighted by atomic mass is 16.7. The molecule has 9 rings (SSSR count). The van der Waals surface area contributed by atoms with Crippen molar-refractivity contribution in [3.05, 3.63) is 17.7 Å². The molecule has 138 valence electrons. The molecule has 1 aromatic carbocycles. The fourth-order valence-corrected chi connectivity index (χ4v) is 8.81. The second-order valence-corrected chi connectivity index (χ2v) is 9.68. The van der Waals surface area contributed by atoms with E-state index in [2.05, 4.69) is 16.3 Å². The number of fused-ring (bicyclic) bond motifs is 4. The smallest absolute Gasteiger partial charge is 0.234 e. The number of benzene rings is 1. The van der Waals surface area contributed by atoms with Crippen LogP contribution in [0.1, 0.15) is 37.7 Å². The van der Waals surface area contributed by atoms with Crippen LogP contribution in [0.4, 0.5) is 5.69 Å². The van der Waals surface area contributed by atoms with Gasteiger partial charge in [-0.2, -0.15) is 0 Å². The van der Waals surface area contributed by atoms with Crippen molar-refractivity contribution in [3.63, 3.8) is 0 Å². The number of ether oxygens (including phenoxy) is 2. The van der Waals surface area contributed by atoms with Gasteiger partial charge in [0.25, 0.3) is 0 Å².